The van der Waals surface area contributed by atoms with Gasteiger partial charge in [-0.1, -0.05) is 6.08 Å². The third-order valence-corrected chi connectivity index (χ3v) is 3.19. The number of rotatable bonds is 8. The van der Waals surface area contributed by atoms with Gasteiger partial charge in [-0.3, -0.25) is 9.59 Å². The quantitative estimate of drug-likeness (QED) is 0.393. The number of hydrogen-bond donors (Lipinski definition) is 1. The second kappa shape index (κ2) is 9.47. The average molecular weight is 334 g/mol. The van der Waals surface area contributed by atoms with E-state index in [0.717, 1.165) is 6.21 Å². The fraction of sp³-hybridized carbons (Fsp3) is 0.471. The van der Waals surface area contributed by atoms with Gasteiger partial charge in [0.1, 0.15) is 6.04 Å². The van der Waals surface area contributed by atoms with E-state index < -0.39 is 12.0 Å². The van der Waals surface area contributed by atoms with E-state index in [2.05, 4.69) is 16.7 Å². The van der Waals surface area contributed by atoms with E-state index in [4.69, 9.17) is 4.74 Å². The molecule has 0 fully saturated rings. The third-order valence-electron chi connectivity index (χ3n) is 3.19. The van der Waals surface area contributed by atoms with E-state index in [-0.39, 0.29) is 30.6 Å². The van der Waals surface area contributed by atoms with E-state index in [0.29, 0.717) is 12.0 Å². The zero-order valence-electron chi connectivity index (χ0n) is 14.3. The molecule has 1 aliphatic heterocycles. The summed E-state index contributed by atoms with van der Waals surface area (Å²) in [6.45, 7) is 6.66. The van der Waals surface area contributed by atoms with Crippen LogP contribution in [-0.2, 0) is 19.1 Å². The summed E-state index contributed by atoms with van der Waals surface area (Å²) in [6, 6.07) is -0.890. The van der Waals surface area contributed by atoms with Gasteiger partial charge in [-0.05, 0) is 32.9 Å². The summed E-state index contributed by atoms with van der Waals surface area (Å²) in [5.74, 6) is -1.17. The highest BCUT2D eigenvalue weighted by atomic mass is 16.5. The van der Waals surface area contributed by atoms with Crippen molar-refractivity contribution in [3.05, 3.63) is 24.0 Å². The molecule has 0 spiro atoms. The van der Waals surface area contributed by atoms with Gasteiger partial charge in [0.2, 0.25) is 11.7 Å². The topological polar surface area (TPSA) is 89.8 Å². The summed E-state index contributed by atoms with van der Waals surface area (Å²) in [7, 11) is 1.81. The number of hydrogen-bond acceptors (Lipinski definition) is 5. The SMILES string of the molecule is C=[N+]=CC(=O)CC[C@H](NC(=O)C1=CN(C)C=CC1)C(=O)OC(C)C. The van der Waals surface area contributed by atoms with Crippen molar-refractivity contribution in [2.45, 2.75) is 45.3 Å². The summed E-state index contributed by atoms with van der Waals surface area (Å²) in [4.78, 5) is 37.8. The summed E-state index contributed by atoms with van der Waals surface area (Å²) in [5, 5.41) is 2.66. The molecule has 0 saturated carbocycles. The lowest BCUT2D eigenvalue weighted by atomic mass is 10.1. The molecule has 0 aromatic rings. The molecule has 0 bridgehead atoms. The fourth-order valence-corrected chi connectivity index (χ4v) is 2.11. The molecular weight excluding hydrogens is 310 g/mol. The first-order valence-electron chi connectivity index (χ1n) is 7.76. The highest BCUT2D eigenvalue weighted by molar-refractivity contribution is 6.27. The molecule has 0 aliphatic carbocycles. The van der Waals surface area contributed by atoms with Crippen molar-refractivity contribution >= 4 is 30.6 Å². The van der Waals surface area contributed by atoms with Crippen molar-refractivity contribution in [2.24, 2.45) is 0 Å². The lowest BCUT2D eigenvalue weighted by molar-refractivity contribution is -0.151. The second-order valence-electron chi connectivity index (χ2n) is 5.74. The lowest BCUT2D eigenvalue weighted by Crippen LogP contribution is -2.43. The van der Waals surface area contributed by atoms with Gasteiger partial charge in [0.25, 0.3) is 6.72 Å². The smallest absolute Gasteiger partial charge is 0.334 e. The first-order chi connectivity index (χ1) is 11.3. The molecule has 0 radical (unpaired) electrons. The number of ketones is 1. The molecule has 0 saturated heterocycles. The van der Waals surface area contributed by atoms with Crippen LogP contribution >= 0.6 is 0 Å². The first kappa shape index (κ1) is 19.4. The number of Topliss-reactive ketones (excluding diaryl/α,β-unsaturated/α-hetero) is 1. The predicted molar refractivity (Wildman–Crippen MR) is 92.3 cm³/mol. The van der Waals surface area contributed by atoms with Crippen molar-refractivity contribution < 1.29 is 19.1 Å². The number of carbonyl (C=O) groups is 3. The largest absolute Gasteiger partial charge is 0.461 e. The molecule has 7 heteroatoms. The number of carbonyl (C=O) groups excluding carboxylic acids is 3. The molecule has 130 valence electrons. The molecule has 1 aliphatic rings. The van der Waals surface area contributed by atoms with Crippen molar-refractivity contribution in [2.75, 3.05) is 7.05 Å². The number of nitrogens with zero attached hydrogens (tertiary/aromatic N) is 2. The van der Waals surface area contributed by atoms with E-state index in [1.54, 1.807) is 24.9 Å². The first-order valence-corrected chi connectivity index (χ1v) is 7.76. The van der Waals surface area contributed by atoms with Gasteiger partial charge in [-0.15, -0.1) is 4.67 Å². The molecule has 24 heavy (non-hydrogen) atoms. The monoisotopic (exact) mass is 334 g/mol. The van der Waals surface area contributed by atoms with Crippen LogP contribution in [0.3, 0.4) is 0 Å². The van der Waals surface area contributed by atoms with E-state index in [1.807, 2.05) is 19.3 Å². The highest BCUT2D eigenvalue weighted by Crippen LogP contribution is 2.12. The Labute approximate surface area is 141 Å². The summed E-state index contributed by atoms with van der Waals surface area (Å²) >= 11 is 0. The molecule has 1 N–H and O–H groups in total. The van der Waals surface area contributed by atoms with Crippen LogP contribution in [0.25, 0.3) is 0 Å². The van der Waals surface area contributed by atoms with Crippen molar-refractivity contribution in [1.82, 2.24) is 14.9 Å². The van der Waals surface area contributed by atoms with Crippen LogP contribution < -0.4 is 9.98 Å². The van der Waals surface area contributed by atoms with Crippen molar-refractivity contribution in [1.29, 1.82) is 0 Å². The van der Waals surface area contributed by atoms with E-state index >= 15 is 0 Å². The second-order valence-corrected chi connectivity index (χ2v) is 5.74. The molecular formula is C17H24N3O4+. The van der Waals surface area contributed by atoms with Crippen LogP contribution in [0.1, 0.15) is 33.1 Å². The van der Waals surface area contributed by atoms with Gasteiger partial charge in [0, 0.05) is 25.2 Å². The fourth-order valence-electron chi connectivity index (χ4n) is 2.11. The number of nitrogens with one attached hydrogen (secondary N) is 1. The van der Waals surface area contributed by atoms with Crippen molar-refractivity contribution in [3.8, 4) is 0 Å². The Morgan fingerprint density at radius 2 is 2.17 bits per heavy atom. The standard InChI is InChI=1S/C17H23N3O4/c1-12(2)24-17(23)15(8-7-14(21)10-18-3)19-16(22)13-6-5-9-20(4)11-13/h5,9-12,15H,3,6-8H2,1-2,4H3/p+1/t15-/m0/s1. The van der Waals surface area contributed by atoms with E-state index in [1.165, 1.54) is 0 Å². The molecule has 0 aromatic carbocycles. The highest BCUT2D eigenvalue weighted by Gasteiger charge is 2.26. The van der Waals surface area contributed by atoms with E-state index in [9.17, 15) is 14.4 Å². The van der Waals surface area contributed by atoms with Gasteiger partial charge < -0.3 is 15.0 Å². The molecule has 0 unspecified atom stereocenters. The van der Waals surface area contributed by atoms with Gasteiger partial charge >= 0.3 is 12.2 Å². The number of esters is 1. The minimum atomic E-state index is -0.890. The Hall–Kier alpha value is -2.66. The van der Waals surface area contributed by atoms with Crippen LogP contribution in [0.15, 0.2) is 24.0 Å². The van der Waals surface area contributed by atoms with Crippen LogP contribution in [0.4, 0.5) is 0 Å². The van der Waals surface area contributed by atoms with Crippen LogP contribution in [0.2, 0.25) is 0 Å². The Bertz CT molecular complexity index is 601. The minimum absolute atomic E-state index is 0.0655. The van der Waals surface area contributed by atoms with Gasteiger partial charge in [-0.25, -0.2) is 4.79 Å². The molecule has 1 atom stereocenters. The van der Waals surface area contributed by atoms with Crippen LogP contribution in [-0.4, -0.2) is 54.7 Å². The Kier molecular flexibility index (Phi) is 7.65. The molecule has 0 aromatic heterocycles. The lowest BCUT2D eigenvalue weighted by Gasteiger charge is -2.21. The van der Waals surface area contributed by atoms with Gasteiger partial charge in [0.15, 0.2) is 0 Å². The average Bonchev–Trinajstić information content (AvgIpc) is 2.50. The van der Waals surface area contributed by atoms with Crippen molar-refractivity contribution in [3.63, 3.8) is 0 Å². The predicted octanol–water partition coefficient (Wildman–Crippen LogP) is 0.344. The zero-order valence-corrected chi connectivity index (χ0v) is 14.3. The summed E-state index contributed by atoms with van der Waals surface area (Å²) < 4.78 is 8.56. The van der Waals surface area contributed by atoms with Gasteiger partial charge in [0.05, 0.1) is 6.10 Å². The number of ether oxygens (including phenoxy) is 1. The Balaban J connectivity index is 2.76. The maximum atomic E-state index is 12.3. The normalized spacial score (nSPS) is 14.5. The Morgan fingerprint density at radius 3 is 2.75 bits per heavy atom. The molecule has 1 heterocycles. The van der Waals surface area contributed by atoms with Crippen LogP contribution in [0.5, 0.6) is 0 Å². The van der Waals surface area contributed by atoms with Crippen LogP contribution in [0, 0.1) is 0 Å². The zero-order chi connectivity index (χ0) is 18.1. The molecule has 1 amide bonds. The summed E-state index contributed by atoms with van der Waals surface area (Å²) in [6.07, 6.45) is 6.86. The maximum absolute atomic E-state index is 12.3. The Morgan fingerprint density at radius 1 is 1.46 bits per heavy atom. The number of amides is 1. The maximum Gasteiger partial charge on any atom is 0.334 e. The third kappa shape index (κ3) is 6.62. The molecule has 1 rings (SSSR count). The minimum Gasteiger partial charge on any atom is -0.461 e. The summed E-state index contributed by atoms with van der Waals surface area (Å²) in [5.41, 5.74) is 0.535. The molecule has 7 nitrogen and oxygen atoms in total. The number of allylic oxidation sites excluding steroid dienone is 1. The van der Waals surface area contributed by atoms with Gasteiger partial charge in [-0.2, -0.15) is 0 Å².